The molecule has 0 amide bonds. The van der Waals surface area contributed by atoms with Gasteiger partial charge >= 0.3 is 0 Å². The van der Waals surface area contributed by atoms with Gasteiger partial charge in [0.05, 0.1) is 30.1 Å². The smallest absolute Gasteiger partial charge is 0.153 e. The molecule has 2 aromatic heterocycles. The molecule has 190 valence electrons. The molecule has 36 heavy (non-hydrogen) atoms. The highest BCUT2D eigenvalue weighted by atomic mass is 32.2. The fourth-order valence-electron chi connectivity index (χ4n) is 4.97. The normalized spacial score (nSPS) is 17.4. The van der Waals surface area contributed by atoms with Crippen molar-refractivity contribution in [3.8, 4) is 5.69 Å². The predicted molar refractivity (Wildman–Crippen MR) is 143 cm³/mol. The van der Waals surface area contributed by atoms with Crippen LogP contribution in [-0.4, -0.2) is 60.2 Å². The van der Waals surface area contributed by atoms with Crippen molar-refractivity contribution in [2.45, 2.75) is 51.7 Å². The fourth-order valence-corrected chi connectivity index (χ4v) is 5.85. The molecule has 1 atom stereocenters. The molecule has 4 aromatic rings. The molecule has 1 aliphatic rings. The number of hydrogen-bond acceptors (Lipinski definition) is 6. The van der Waals surface area contributed by atoms with Crippen LogP contribution in [0.3, 0.4) is 0 Å². The second-order valence-electron chi connectivity index (χ2n) is 9.96. The summed E-state index contributed by atoms with van der Waals surface area (Å²) in [6.07, 6.45) is 4.81. The Morgan fingerprint density at radius 1 is 1.08 bits per heavy atom. The Labute approximate surface area is 216 Å². The molecule has 0 radical (unpaired) electrons. The van der Waals surface area contributed by atoms with Crippen molar-refractivity contribution in [3.63, 3.8) is 0 Å². The molecule has 9 heteroatoms. The summed E-state index contributed by atoms with van der Waals surface area (Å²) >= 11 is 1.71. The van der Waals surface area contributed by atoms with Gasteiger partial charge in [-0.05, 0) is 78.7 Å². The number of hydrogen-bond donors (Lipinski definition) is 0. The Balaban J connectivity index is 1.43. The molecule has 0 aliphatic carbocycles. The highest BCUT2D eigenvalue weighted by Crippen LogP contribution is 2.35. The lowest BCUT2D eigenvalue weighted by atomic mass is 9.96. The molecule has 0 saturated carbocycles. The number of fused-ring (bicyclic) bond motifs is 1. The number of aryl methyl sites for hydroxylation is 2. The summed E-state index contributed by atoms with van der Waals surface area (Å²) in [6, 6.07) is 11.3. The van der Waals surface area contributed by atoms with Gasteiger partial charge in [-0.15, -0.1) is 5.10 Å². The van der Waals surface area contributed by atoms with E-state index < -0.39 is 0 Å². The van der Waals surface area contributed by atoms with E-state index in [1.807, 2.05) is 17.1 Å². The summed E-state index contributed by atoms with van der Waals surface area (Å²) in [5, 5.41) is 15.7. The summed E-state index contributed by atoms with van der Waals surface area (Å²) in [4.78, 5) is 4.40. The van der Waals surface area contributed by atoms with Crippen LogP contribution >= 0.6 is 11.9 Å². The summed E-state index contributed by atoms with van der Waals surface area (Å²) < 4.78 is 17.8. The Bertz CT molecular complexity index is 1310. The molecule has 0 bridgehead atoms. The molecular weight excluding hydrogens is 473 g/mol. The zero-order chi connectivity index (χ0) is 25.2. The average Bonchev–Trinajstić information content (AvgIpc) is 3.46. The molecule has 0 spiro atoms. The minimum absolute atomic E-state index is 0.244. The van der Waals surface area contributed by atoms with E-state index in [-0.39, 0.29) is 11.9 Å². The lowest BCUT2D eigenvalue weighted by Crippen LogP contribution is -2.47. The third-order valence-corrected chi connectivity index (χ3v) is 7.57. The molecule has 2 aromatic carbocycles. The molecule has 5 rings (SSSR count). The number of aromatic nitrogens is 5. The lowest BCUT2D eigenvalue weighted by Gasteiger charge is -2.42. The summed E-state index contributed by atoms with van der Waals surface area (Å²) in [7, 11) is 0. The Morgan fingerprint density at radius 2 is 1.89 bits per heavy atom. The van der Waals surface area contributed by atoms with E-state index in [0.29, 0.717) is 5.92 Å². The van der Waals surface area contributed by atoms with Gasteiger partial charge in [-0.2, -0.15) is 15.0 Å². The number of rotatable bonds is 8. The second kappa shape index (κ2) is 10.7. The topological polar surface area (TPSA) is 55.0 Å². The van der Waals surface area contributed by atoms with E-state index >= 15 is 0 Å². The second-order valence-corrected chi connectivity index (χ2v) is 11.1. The summed E-state index contributed by atoms with van der Waals surface area (Å²) in [5.41, 5.74) is 4.47. The van der Waals surface area contributed by atoms with Gasteiger partial charge in [0.1, 0.15) is 5.82 Å². The minimum Gasteiger partial charge on any atom is -0.293 e. The molecule has 7 nitrogen and oxygen atoms in total. The number of piperazine rings is 1. The maximum atomic E-state index is 13.4. The van der Waals surface area contributed by atoms with Crippen molar-refractivity contribution in [1.82, 2.24) is 34.0 Å². The first kappa shape index (κ1) is 24.9. The molecule has 1 unspecified atom stereocenters. The molecule has 3 heterocycles. The van der Waals surface area contributed by atoms with Crippen molar-refractivity contribution in [3.05, 3.63) is 65.7 Å². The van der Waals surface area contributed by atoms with E-state index in [1.165, 1.54) is 23.3 Å². The maximum absolute atomic E-state index is 13.4. The third-order valence-electron chi connectivity index (χ3n) is 6.60. The minimum atomic E-state index is -0.244. The SMILES string of the molecule is CCCn1ncc(SN2CCN(CC(C)C)C(c3cc4cnn(-c5ccc(F)cc5)c4cc3C)C2)n1. The van der Waals surface area contributed by atoms with E-state index in [0.717, 1.165) is 60.8 Å². The Kier molecular flexibility index (Phi) is 7.41. The van der Waals surface area contributed by atoms with Crippen molar-refractivity contribution < 1.29 is 4.39 Å². The lowest BCUT2D eigenvalue weighted by molar-refractivity contribution is 0.110. The highest BCUT2D eigenvalue weighted by molar-refractivity contribution is 7.97. The number of halogens is 1. The largest absolute Gasteiger partial charge is 0.293 e. The molecule has 1 fully saturated rings. The molecule has 1 aliphatic heterocycles. The van der Waals surface area contributed by atoms with Gasteiger partial charge in [0.2, 0.25) is 0 Å². The first-order chi connectivity index (χ1) is 17.4. The molecular formula is C27H34FN7S. The highest BCUT2D eigenvalue weighted by Gasteiger charge is 2.31. The van der Waals surface area contributed by atoms with Crippen molar-refractivity contribution >= 4 is 22.9 Å². The van der Waals surface area contributed by atoms with Crippen molar-refractivity contribution in [1.29, 1.82) is 0 Å². The molecule has 0 N–H and O–H groups in total. The standard InChI is InChI=1S/C27H34FN7S/c1-5-10-34-29-16-27(31-34)36-33-12-11-32(17-19(2)3)26(18-33)24-14-21-15-30-35(25(21)13-20(24)4)23-8-6-22(28)7-9-23/h6-9,13-16,19,26H,5,10-12,17-18H2,1-4H3. The van der Waals surface area contributed by atoms with Crippen LogP contribution in [0.4, 0.5) is 4.39 Å². The van der Waals surface area contributed by atoms with Gasteiger partial charge in [-0.25, -0.2) is 13.4 Å². The fraction of sp³-hybridized carbons (Fsp3) is 0.444. The van der Waals surface area contributed by atoms with Crippen LogP contribution in [0.15, 0.2) is 53.8 Å². The van der Waals surface area contributed by atoms with Crippen LogP contribution in [0.1, 0.15) is 44.4 Å². The zero-order valence-electron chi connectivity index (χ0n) is 21.4. The zero-order valence-corrected chi connectivity index (χ0v) is 22.2. The van der Waals surface area contributed by atoms with Crippen LogP contribution < -0.4 is 0 Å². The first-order valence-corrected chi connectivity index (χ1v) is 13.5. The van der Waals surface area contributed by atoms with Crippen molar-refractivity contribution in [2.24, 2.45) is 5.92 Å². The Morgan fingerprint density at radius 3 is 2.64 bits per heavy atom. The summed E-state index contributed by atoms with van der Waals surface area (Å²) in [6.45, 7) is 13.7. The Hall–Kier alpha value is -2.75. The quantitative estimate of drug-likeness (QED) is 0.294. The average molecular weight is 508 g/mol. The van der Waals surface area contributed by atoms with Gasteiger partial charge in [-0.3, -0.25) is 4.90 Å². The van der Waals surface area contributed by atoms with Gasteiger partial charge in [0, 0.05) is 37.6 Å². The van der Waals surface area contributed by atoms with Crippen LogP contribution in [0.2, 0.25) is 0 Å². The maximum Gasteiger partial charge on any atom is 0.153 e. The van der Waals surface area contributed by atoms with Crippen LogP contribution in [-0.2, 0) is 6.54 Å². The molecule has 1 saturated heterocycles. The van der Waals surface area contributed by atoms with Gasteiger partial charge in [-0.1, -0.05) is 20.8 Å². The van der Waals surface area contributed by atoms with E-state index in [9.17, 15) is 4.39 Å². The predicted octanol–water partition coefficient (Wildman–Crippen LogP) is 5.50. The number of nitrogens with zero attached hydrogens (tertiary/aromatic N) is 7. The first-order valence-electron chi connectivity index (χ1n) is 12.7. The van der Waals surface area contributed by atoms with E-state index in [2.05, 4.69) is 64.3 Å². The van der Waals surface area contributed by atoms with Crippen LogP contribution in [0, 0.1) is 18.7 Å². The van der Waals surface area contributed by atoms with E-state index in [4.69, 9.17) is 0 Å². The van der Waals surface area contributed by atoms with Gasteiger partial charge in [0.25, 0.3) is 0 Å². The van der Waals surface area contributed by atoms with Crippen LogP contribution in [0.5, 0.6) is 0 Å². The third kappa shape index (κ3) is 5.33. The number of benzene rings is 2. The monoisotopic (exact) mass is 507 g/mol. The van der Waals surface area contributed by atoms with Gasteiger partial charge < -0.3 is 0 Å². The van der Waals surface area contributed by atoms with Crippen LogP contribution in [0.25, 0.3) is 16.6 Å². The van der Waals surface area contributed by atoms with Gasteiger partial charge in [0.15, 0.2) is 5.03 Å². The van der Waals surface area contributed by atoms with E-state index in [1.54, 1.807) is 28.9 Å². The van der Waals surface area contributed by atoms with Crippen molar-refractivity contribution in [2.75, 3.05) is 26.2 Å². The summed E-state index contributed by atoms with van der Waals surface area (Å²) in [5.74, 6) is 0.345.